The Kier molecular flexibility index (Phi) is 4.46. The van der Waals surface area contributed by atoms with Crippen LogP contribution in [0.3, 0.4) is 0 Å². The van der Waals surface area contributed by atoms with Crippen molar-refractivity contribution < 1.29 is 9.21 Å². The highest BCUT2D eigenvalue weighted by atomic mass is 79.9. The van der Waals surface area contributed by atoms with E-state index in [1.54, 1.807) is 23.6 Å². The Hall–Kier alpha value is -1.44. The maximum Gasteiger partial charge on any atom is 0.307 e. The van der Waals surface area contributed by atoms with Crippen molar-refractivity contribution in [1.29, 1.82) is 0 Å². The van der Waals surface area contributed by atoms with Gasteiger partial charge in [0.15, 0.2) is 5.76 Å². The van der Waals surface area contributed by atoms with E-state index < -0.39 is 0 Å². The summed E-state index contributed by atoms with van der Waals surface area (Å²) < 4.78 is 7.27. The lowest BCUT2D eigenvalue weighted by Crippen LogP contribution is -2.16. The summed E-state index contributed by atoms with van der Waals surface area (Å²) in [5, 5.41) is 6.78. The van der Waals surface area contributed by atoms with Gasteiger partial charge in [-0.2, -0.15) is 5.10 Å². The zero-order valence-corrected chi connectivity index (χ0v) is 15.4. The van der Waals surface area contributed by atoms with E-state index in [1.165, 1.54) is 0 Å². The van der Waals surface area contributed by atoms with Gasteiger partial charge < -0.3 is 4.42 Å². The molecule has 0 atom stereocenters. The van der Waals surface area contributed by atoms with Crippen LogP contribution in [0.25, 0.3) is 11.0 Å². The van der Waals surface area contributed by atoms with Crippen LogP contribution in [0.15, 0.2) is 48.1 Å². The average molecular weight is 442 g/mol. The minimum Gasteiger partial charge on any atom is -0.450 e. The number of nitrogens with one attached hydrogen (secondary N) is 1. The number of thiophene rings is 1. The van der Waals surface area contributed by atoms with Gasteiger partial charge in [0.1, 0.15) is 5.58 Å². The molecule has 112 valence electrons. The molecule has 0 radical (unpaired) electrons. The lowest BCUT2D eigenvalue weighted by molar-refractivity contribution is 0.0929. The first kappa shape index (κ1) is 15.5. The predicted octanol–water partition coefficient (Wildman–Crippen LogP) is 5.09. The molecule has 0 aliphatic rings. The lowest BCUT2D eigenvalue weighted by Gasteiger charge is -1.95. The first-order chi connectivity index (χ1) is 10.5. The number of halogens is 2. The minimum atomic E-state index is -0.385. The van der Waals surface area contributed by atoms with Gasteiger partial charge >= 0.3 is 5.91 Å². The van der Waals surface area contributed by atoms with Crippen molar-refractivity contribution in [1.82, 2.24) is 5.43 Å². The number of hydrogen-bond acceptors (Lipinski definition) is 4. The van der Waals surface area contributed by atoms with E-state index in [1.807, 2.05) is 30.5 Å². The molecule has 3 aromatic rings. The van der Waals surface area contributed by atoms with Crippen LogP contribution in [0, 0.1) is 6.92 Å². The molecule has 3 rings (SSSR count). The van der Waals surface area contributed by atoms with E-state index in [2.05, 4.69) is 42.4 Å². The summed E-state index contributed by atoms with van der Waals surface area (Å²) in [7, 11) is 0. The zero-order chi connectivity index (χ0) is 15.7. The van der Waals surface area contributed by atoms with Gasteiger partial charge in [-0.25, -0.2) is 5.43 Å². The van der Waals surface area contributed by atoms with Crippen LogP contribution in [0.1, 0.15) is 21.0 Å². The second kappa shape index (κ2) is 6.36. The Morgan fingerprint density at radius 3 is 2.91 bits per heavy atom. The molecule has 7 heteroatoms. The molecule has 0 unspecified atom stereocenters. The van der Waals surface area contributed by atoms with Crippen LogP contribution in [-0.2, 0) is 0 Å². The molecule has 1 N–H and O–H groups in total. The third-order valence-electron chi connectivity index (χ3n) is 3.01. The van der Waals surface area contributed by atoms with Crippen LogP contribution in [0.2, 0.25) is 0 Å². The predicted molar refractivity (Wildman–Crippen MR) is 95.7 cm³/mol. The normalized spacial score (nSPS) is 11.4. The highest BCUT2D eigenvalue weighted by molar-refractivity contribution is 9.11. The van der Waals surface area contributed by atoms with Gasteiger partial charge in [0.2, 0.25) is 0 Å². The van der Waals surface area contributed by atoms with E-state index in [0.717, 1.165) is 24.8 Å². The minimum absolute atomic E-state index is 0.217. The third-order valence-corrected chi connectivity index (χ3v) is 5.01. The molecule has 2 heterocycles. The van der Waals surface area contributed by atoms with Crippen molar-refractivity contribution in [2.75, 3.05) is 0 Å². The number of nitrogens with zero attached hydrogens (tertiary/aromatic N) is 1. The van der Waals surface area contributed by atoms with Gasteiger partial charge in [-0.1, -0.05) is 15.9 Å². The molecule has 0 bridgehead atoms. The van der Waals surface area contributed by atoms with E-state index in [0.29, 0.717) is 5.58 Å². The van der Waals surface area contributed by atoms with Crippen LogP contribution in [-0.4, -0.2) is 12.1 Å². The Bertz CT molecular complexity index is 883. The van der Waals surface area contributed by atoms with Crippen molar-refractivity contribution in [2.24, 2.45) is 5.10 Å². The number of carbonyl (C=O) groups excluding carboxylic acids is 1. The number of benzene rings is 1. The summed E-state index contributed by atoms with van der Waals surface area (Å²) in [5.74, 6) is -0.168. The molecule has 0 aliphatic carbocycles. The topological polar surface area (TPSA) is 54.6 Å². The Labute approximate surface area is 147 Å². The molecule has 0 saturated heterocycles. The first-order valence-electron chi connectivity index (χ1n) is 6.30. The molecule has 0 fully saturated rings. The van der Waals surface area contributed by atoms with E-state index >= 15 is 0 Å². The molecule has 22 heavy (non-hydrogen) atoms. The molecule has 1 aromatic carbocycles. The summed E-state index contributed by atoms with van der Waals surface area (Å²) in [6, 6.07) is 7.44. The number of hydrogen-bond donors (Lipinski definition) is 1. The number of amides is 1. The SMILES string of the molecule is Cc1ccsc1/C=N\NC(=O)c1cc2cc(Br)cc(Br)c2o1. The molecule has 1 amide bonds. The standard InChI is InChI=1S/C15H10Br2N2O2S/c1-8-2-3-22-13(8)7-18-19-15(20)12-5-9-4-10(16)6-11(17)14(9)21-12/h2-7H,1H3,(H,19,20)/b18-7-. The summed E-state index contributed by atoms with van der Waals surface area (Å²) in [6.45, 7) is 1.99. The quantitative estimate of drug-likeness (QED) is 0.454. The number of hydrazone groups is 1. The molecular formula is C15H10Br2N2O2S. The summed E-state index contributed by atoms with van der Waals surface area (Å²) in [4.78, 5) is 13.1. The van der Waals surface area contributed by atoms with Crippen LogP contribution < -0.4 is 5.43 Å². The Morgan fingerprint density at radius 1 is 1.36 bits per heavy atom. The smallest absolute Gasteiger partial charge is 0.307 e. The summed E-state index contributed by atoms with van der Waals surface area (Å²) in [5.41, 5.74) is 4.23. The zero-order valence-electron chi connectivity index (χ0n) is 11.4. The number of aryl methyl sites for hydroxylation is 1. The third kappa shape index (κ3) is 3.16. The molecule has 2 aromatic heterocycles. The van der Waals surface area contributed by atoms with Crippen LogP contribution in [0.5, 0.6) is 0 Å². The first-order valence-corrected chi connectivity index (χ1v) is 8.77. The van der Waals surface area contributed by atoms with Gasteiger partial charge in [0, 0.05) is 14.7 Å². The van der Waals surface area contributed by atoms with Crippen molar-refractivity contribution in [3.63, 3.8) is 0 Å². The van der Waals surface area contributed by atoms with Crippen LogP contribution >= 0.6 is 43.2 Å². The lowest BCUT2D eigenvalue weighted by atomic mass is 10.2. The van der Waals surface area contributed by atoms with Gasteiger partial charge in [-0.05, 0) is 58.1 Å². The largest absolute Gasteiger partial charge is 0.450 e. The highest BCUT2D eigenvalue weighted by Gasteiger charge is 2.14. The van der Waals surface area contributed by atoms with Gasteiger partial charge in [0.05, 0.1) is 10.7 Å². The average Bonchev–Trinajstić information content (AvgIpc) is 3.05. The molecule has 0 spiro atoms. The number of fused-ring (bicyclic) bond motifs is 1. The maximum absolute atomic E-state index is 12.1. The summed E-state index contributed by atoms with van der Waals surface area (Å²) in [6.07, 6.45) is 1.63. The van der Waals surface area contributed by atoms with Gasteiger partial charge in [-0.3, -0.25) is 4.79 Å². The Morgan fingerprint density at radius 2 is 2.18 bits per heavy atom. The second-order valence-corrected chi connectivity index (χ2v) is 7.30. The van der Waals surface area contributed by atoms with E-state index in [9.17, 15) is 4.79 Å². The molecule has 0 aliphatic heterocycles. The van der Waals surface area contributed by atoms with Crippen molar-refractivity contribution in [3.05, 3.63) is 54.8 Å². The van der Waals surface area contributed by atoms with Crippen molar-refractivity contribution in [3.8, 4) is 0 Å². The van der Waals surface area contributed by atoms with E-state index in [4.69, 9.17) is 4.42 Å². The fourth-order valence-electron chi connectivity index (χ4n) is 1.91. The molecule has 0 saturated carbocycles. The highest BCUT2D eigenvalue weighted by Crippen LogP contribution is 2.30. The Balaban J connectivity index is 1.79. The van der Waals surface area contributed by atoms with Crippen molar-refractivity contribution >= 4 is 66.3 Å². The van der Waals surface area contributed by atoms with Gasteiger partial charge in [0.25, 0.3) is 0 Å². The number of carbonyl (C=O) groups is 1. The molecular weight excluding hydrogens is 432 g/mol. The number of rotatable bonds is 3. The fraction of sp³-hybridized carbons (Fsp3) is 0.0667. The molecule has 4 nitrogen and oxygen atoms in total. The maximum atomic E-state index is 12.1. The van der Waals surface area contributed by atoms with Gasteiger partial charge in [-0.15, -0.1) is 11.3 Å². The second-order valence-electron chi connectivity index (χ2n) is 4.58. The summed E-state index contributed by atoms with van der Waals surface area (Å²) >= 11 is 8.39. The van der Waals surface area contributed by atoms with Crippen molar-refractivity contribution in [2.45, 2.75) is 6.92 Å². The van der Waals surface area contributed by atoms with E-state index in [-0.39, 0.29) is 11.7 Å². The van der Waals surface area contributed by atoms with Crippen LogP contribution in [0.4, 0.5) is 0 Å². The number of furan rings is 1. The fourth-order valence-corrected chi connectivity index (χ4v) is 4.03. The monoisotopic (exact) mass is 440 g/mol.